The van der Waals surface area contributed by atoms with Gasteiger partial charge in [-0.25, -0.2) is 5.01 Å². The lowest BCUT2D eigenvalue weighted by molar-refractivity contribution is -0.134. The lowest BCUT2D eigenvalue weighted by Crippen LogP contribution is -2.41. The second kappa shape index (κ2) is 8.46. The number of carbonyl (C=O) groups is 1. The van der Waals surface area contributed by atoms with Gasteiger partial charge in [0.05, 0.1) is 18.3 Å². The van der Waals surface area contributed by atoms with Crippen LogP contribution in [0.3, 0.4) is 0 Å². The van der Waals surface area contributed by atoms with Crippen LogP contribution in [0.1, 0.15) is 43.4 Å². The van der Waals surface area contributed by atoms with Crippen molar-refractivity contribution in [2.75, 3.05) is 19.6 Å². The van der Waals surface area contributed by atoms with Crippen LogP contribution in [0.25, 0.3) is 0 Å². The summed E-state index contributed by atoms with van der Waals surface area (Å²) in [6, 6.07) is 17.7. The topological polar surface area (TPSA) is 35.9 Å². The molecule has 4 nitrogen and oxygen atoms in total. The van der Waals surface area contributed by atoms with E-state index in [1.54, 1.807) is 5.01 Å². The van der Waals surface area contributed by atoms with Crippen LogP contribution in [-0.2, 0) is 4.79 Å². The molecule has 2 aliphatic rings. The number of halogens is 1. The number of nitrogens with zero attached hydrogens (tertiary/aromatic N) is 3. The Morgan fingerprint density at radius 1 is 1.07 bits per heavy atom. The Balaban J connectivity index is 1.59. The molecular weight excluding hydrogens is 370 g/mol. The first-order chi connectivity index (χ1) is 13.6. The predicted octanol–water partition coefficient (Wildman–Crippen LogP) is 4.75. The molecule has 0 spiro atoms. The number of hydrogen-bond donors (Lipinski definition) is 0. The molecule has 1 amide bonds. The highest BCUT2D eigenvalue weighted by Crippen LogP contribution is 2.36. The molecule has 0 unspecified atom stereocenters. The van der Waals surface area contributed by atoms with Crippen LogP contribution in [0.2, 0.25) is 5.02 Å². The molecule has 1 fully saturated rings. The van der Waals surface area contributed by atoms with E-state index >= 15 is 0 Å². The van der Waals surface area contributed by atoms with Crippen LogP contribution in [-0.4, -0.2) is 41.2 Å². The summed E-state index contributed by atoms with van der Waals surface area (Å²) in [4.78, 5) is 15.5. The van der Waals surface area contributed by atoms with Crippen molar-refractivity contribution in [1.29, 1.82) is 0 Å². The fourth-order valence-corrected chi connectivity index (χ4v) is 4.28. The van der Waals surface area contributed by atoms with Gasteiger partial charge in [-0.05, 0) is 49.0 Å². The molecule has 0 radical (unpaired) electrons. The van der Waals surface area contributed by atoms with Gasteiger partial charge in [-0.15, -0.1) is 0 Å². The fraction of sp³-hybridized carbons (Fsp3) is 0.391. The van der Waals surface area contributed by atoms with Gasteiger partial charge in [0.2, 0.25) is 0 Å². The van der Waals surface area contributed by atoms with E-state index in [-0.39, 0.29) is 11.9 Å². The van der Waals surface area contributed by atoms with E-state index in [1.807, 2.05) is 54.6 Å². The van der Waals surface area contributed by atoms with Crippen molar-refractivity contribution in [2.24, 2.45) is 11.0 Å². The zero-order valence-electron chi connectivity index (χ0n) is 16.2. The third-order valence-corrected chi connectivity index (χ3v) is 6.12. The summed E-state index contributed by atoms with van der Waals surface area (Å²) in [5, 5.41) is 7.10. The Morgan fingerprint density at radius 2 is 1.75 bits per heavy atom. The first kappa shape index (κ1) is 19.2. The minimum Gasteiger partial charge on any atom is -0.294 e. The summed E-state index contributed by atoms with van der Waals surface area (Å²) < 4.78 is 0. The first-order valence-corrected chi connectivity index (χ1v) is 10.4. The lowest BCUT2D eigenvalue weighted by atomic mass is 9.98. The maximum absolute atomic E-state index is 13.2. The molecule has 2 heterocycles. The molecule has 28 heavy (non-hydrogen) atoms. The average molecular weight is 396 g/mol. The smallest absolute Gasteiger partial charge is 0.257 e. The van der Waals surface area contributed by atoms with Crippen LogP contribution in [0.4, 0.5) is 0 Å². The van der Waals surface area contributed by atoms with Crippen molar-refractivity contribution in [3.63, 3.8) is 0 Å². The SMILES string of the molecule is CC1CCN(CC(=O)N2N=C(c3ccccc3)C[C@H]2c2ccccc2Cl)CC1. The van der Waals surface area contributed by atoms with Gasteiger partial charge in [0.25, 0.3) is 5.91 Å². The summed E-state index contributed by atoms with van der Waals surface area (Å²) >= 11 is 6.48. The van der Waals surface area contributed by atoms with Crippen molar-refractivity contribution in [3.05, 3.63) is 70.7 Å². The van der Waals surface area contributed by atoms with Gasteiger partial charge < -0.3 is 0 Å². The fourth-order valence-electron chi connectivity index (χ4n) is 4.02. The summed E-state index contributed by atoms with van der Waals surface area (Å²) in [6.45, 7) is 4.66. The van der Waals surface area contributed by atoms with E-state index in [0.717, 1.165) is 48.7 Å². The molecule has 1 atom stereocenters. The van der Waals surface area contributed by atoms with Gasteiger partial charge >= 0.3 is 0 Å². The monoisotopic (exact) mass is 395 g/mol. The van der Waals surface area contributed by atoms with Crippen LogP contribution in [0.15, 0.2) is 59.7 Å². The highest BCUT2D eigenvalue weighted by atomic mass is 35.5. The zero-order valence-corrected chi connectivity index (χ0v) is 17.0. The van der Waals surface area contributed by atoms with Gasteiger partial charge in [0, 0.05) is 11.4 Å². The maximum atomic E-state index is 13.2. The predicted molar refractivity (Wildman–Crippen MR) is 113 cm³/mol. The summed E-state index contributed by atoms with van der Waals surface area (Å²) in [6.07, 6.45) is 2.98. The van der Waals surface area contributed by atoms with E-state index in [9.17, 15) is 4.79 Å². The third-order valence-electron chi connectivity index (χ3n) is 5.77. The highest BCUT2D eigenvalue weighted by molar-refractivity contribution is 6.31. The molecule has 0 aromatic heterocycles. The zero-order chi connectivity index (χ0) is 19.5. The molecule has 2 aliphatic heterocycles. The standard InChI is InChI=1S/C23H26ClN3O/c1-17-11-13-26(14-12-17)16-23(28)27-22(19-9-5-6-10-20(19)24)15-21(25-27)18-7-3-2-4-8-18/h2-10,17,22H,11-16H2,1H3/t22-/m0/s1. The molecule has 0 bridgehead atoms. The van der Waals surface area contributed by atoms with E-state index in [4.69, 9.17) is 16.7 Å². The lowest BCUT2D eigenvalue weighted by Gasteiger charge is -2.31. The number of hydrazone groups is 1. The number of likely N-dealkylation sites (tertiary alicyclic amines) is 1. The molecule has 0 saturated carbocycles. The Bertz CT molecular complexity index is 859. The summed E-state index contributed by atoms with van der Waals surface area (Å²) in [7, 11) is 0. The second-order valence-electron chi connectivity index (χ2n) is 7.85. The Labute approximate surface area is 171 Å². The molecule has 146 valence electrons. The quantitative estimate of drug-likeness (QED) is 0.748. The van der Waals surface area contributed by atoms with Crippen LogP contribution in [0.5, 0.6) is 0 Å². The molecule has 2 aromatic carbocycles. The van der Waals surface area contributed by atoms with Gasteiger partial charge in [-0.2, -0.15) is 5.10 Å². The van der Waals surface area contributed by atoms with Crippen LogP contribution < -0.4 is 0 Å². The largest absolute Gasteiger partial charge is 0.294 e. The van der Waals surface area contributed by atoms with Crippen molar-refractivity contribution < 1.29 is 4.79 Å². The average Bonchev–Trinajstić information content (AvgIpc) is 3.16. The van der Waals surface area contributed by atoms with Crippen LogP contribution in [0, 0.1) is 5.92 Å². The third kappa shape index (κ3) is 4.13. The molecule has 2 aromatic rings. The molecular formula is C23H26ClN3O. The second-order valence-corrected chi connectivity index (χ2v) is 8.26. The van der Waals surface area contributed by atoms with Gasteiger partial charge in [-0.1, -0.05) is 67.1 Å². The Hall–Kier alpha value is -2.17. The maximum Gasteiger partial charge on any atom is 0.257 e. The Morgan fingerprint density at radius 3 is 2.46 bits per heavy atom. The normalized spacial score (nSPS) is 21.0. The van der Waals surface area contributed by atoms with E-state index in [0.29, 0.717) is 18.0 Å². The number of rotatable bonds is 4. The van der Waals surface area contributed by atoms with Crippen molar-refractivity contribution in [3.8, 4) is 0 Å². The number of benzene rings is 2. The van der Waals surface area contributed by atoms with E-state index in [2.05, 4.69) is 11.8 Å². The summed E-state index contributed by atoms with van der Waals surface area (Å²) in [5.74, 6) is 0.794. The number of amides is 1. The minimum atomic E-state index is -0.153. The number of piperidine rings is 1. The number of carbonyl (C=O) groups excluding carboxylic acids is 1. The Kier molecular flexibility index (Phi) is 5.79. The molecule has 5 heteroatoms. The van der Waals surface area contributed by atoms with Gasteiger partial charge in [-0.3, -0.25) is 9.69 Å². The molecule has 0 N–H and O–H groups in total. The van der Waals surface area contributed by atoms with E-state index < -0.39 is 0 Å². The first-order valence-electron chi connectivity index (χ1n) is 10.0. The highest BCUT2D eigenvalue weighted by Gasteiger charge is 2.35. The van der Waals surface area contributed by atoms with Crippen molar-refractivity contribution in [2.45, 2.75) is 32.2 Å². The molecule has 1 saturated heterocycles. The number of hydrogen-bond acceptors (Lipinski definition) is 3. The molecule has 0 aliphatic carbocycles. The van der Waals surface area contributed by atoms with Crippen molar-refractivity contribution >= 4 is 23.2 Å². The van der Waals surface area contributed by atoms with E-state index in [1.165, 1.54) is 0 Å². The minimum absolute atomic E-state index is 0.0467. The summed E-state index contributed by atoms with van der Waals surface area (Å²) in [5.41, 5.74) is 2.95. The van der Waals surface area contributed by atoms with Crippen LogP contribution >= 0.6 is 11.6 Å². The van der Waals surface area contributed by atoms with Gasteiger partial charge in [0.1, 0.15) is 0 Å². The van der Waals surface area contributed by atoms with Gasteiger partial charge in [0.15, 0.2) is 0 Å². The molecule has 4 rings (SSSR count). The van der Waals surface area contributed by atoms with Crippen molar-refractivity contribution in [1.82, 2.24) is 9.91 Å².